The molecule has 1 aromatic rings. The molecule has 0 aliphatic carbocycles. The van der Waals surface area contributed by atoms with E-state index in [9.17, 15) is 13.2 Å². The Morgan fingerprint density at radius 2 is 1.88 bits per heavy atom. The molecule has 0 saturated heterocycles. The third-order valence-corrected chi connectivity index (χ3v) is 4.85. The third-order valence-electron chi connectivity index (χ3n) is 2.81. The fourth-order valence-electron chi connectivity index (χ4n) is 1.28. The van der Waals surface area contributed by atoms with Crippen molar-refractivity contribution in [2.45, 2.75) is 18.6 Å². The molecule has 0 saturated carbocycles. The number of Topliss-reactive ketones (excluding diaryl/α,β-unsaturated/α-hetero) is 1. The Balaban J connectivity index is 3.21. The highest BCUT2D eigenvalue weighted by molar-refractivity contribution is 7.92. The Labute approximate surface area is 102 Å². The minimum absolute atomic E-state index is 0.333. The second-order valence-corrected chi connectivity index (χ2v) is 6.91. The molecule has 0 aromatic heterocycles. The van der Waals surface area contributed by atoms with E-state index in [-0.39, 0.29) is 0 Å². The van der Waals surface area contributed by atoms with Crippen molar-refractivity contribution in [3.8, 4) is 5.75 Å². The number of sulfone groups is 1. The summed E-state index contributed by atoms with van der Waals surface area (Å²) in [5.74, 6) is 0.0963. The van der Waals surface area contributed by atoms with E-state index in [2.05, 4.69) is 0 Å². The van der Waals surface area contributed by atoms with Crippen molar-refractivity contribution in [2.24, 2.45) is 0 Å². The number of ketones is 1. The molecule has 0 bridgehead atoms. The van der Waals surface area contributed by atoms with Crippen molar-refractivity contribution in [3.63, 3.8) is 0 Å². The predicted molar refractivity (Wildman–Crippen MR) is 66.2 cm³/mol. The standard InChI is InChI=1S/C12H16O4S/c1-12(2,17(4,14)15)11(13)9-6-5-7-10(8-9)16-3/h5-8H,1-4H3. The van der Waals surface area contributed by atoms with Crippen molar-refractivity contribution in [3.05, 3.63) is 29.8 Å². The number of ether oxygens (including phenoxy) is 1. The summed E-state index contributed by atoms with van der Waals surface area (Å²) in [5.41, 5.74) is 0.333. The first-order chi connectivity index (χ1) is 7.70. The van der Waals surface area contributed by atoms with Gasteiger partial charge in [-0.25, -0.2) is 8.42 Å². The average molecular weight is 256 g/mol. The van der Waals surface area contributed by atoms with Gasteiger partial charge >= 0.3 is 0 Å². The average Bonchev–Trinajstić information content (AvgIpc) is 2.26. The molecule has 0 spiro atoms. The predicted octanol–water partition coefficient (Wildman–Crippen LogP) is 1.70. The van der Waals surface area contributed by atoms with Crippen LogP contribution in [0.15, 0.2) is 24.3 Å². The first-order valence-corrected chi connectivity index (χ1v) is 6.97. The molecule has 5 heteroatoms. The maximum absolute atomic E-state index is 12.1. The number of hydrogen-bond donors (Lipinski definition) is 0. The topological polar surface area (TPSA) is 60.4 Å². The molecule has 0 amide bonds. The molecule has 0 heterocycles. The van der Waals surface area contributed by atoms with Gasteiger partial charge in [0, 0.05) is 11.8 Å². The molecule has 1 aromatic carbocycles. The summed E-state index contributed by atoms with van der Waals surface area (Å²) < 4.78 is 26.7. The van der Waals surface area contributed by atoms with Gasteiger partial charge in [0.2, 0.25) is 0 Å². The highest BCUT2D eigenvalue weighted by Gasteiger charge is 2.38. The summed E-state index contributed by atoms with van der Waals surface area (Å²) in [7, 11) is -1.97. The molecule has 1 rings (SSSR count). The van der Waals surface area contributed by atoms with E-state index in [1.807, 2.05) is 0 Å². The van der Waals surface area contributed by atoms with E-state index in [4.69, 9.17) is 4.74 Å². The van der Waals surface area contributed by atoms with Gasteiger partial charge in [-0.05, 0) is 26.0 Å². The number of carbonyl (C=O) groups excluding carboxylic acids is 1. The van der Waals surface area contributed by atoms with Crippen LogP contribution in [0.2, 0.25) is 0 Å². The van der Waals surface area contributed by atoms with E-state index in [0.717, 1.165) is 6.26 Å². The third kappa shape index (κ3) is 2.66. The molecule has 0 unspecified atom stereocenters. The van der Waals surface area contributed by atoms with Crippen LogP contribution in [0.5, 0.6) is 5.75 Å². The lowest BCUT2D eigenvalue weighted by molar-refractivity contribution is 0.0953. The highest BCUT2D eigenvalue weighted by Crippen LogP contribution is 2.23. The summed E-state index contributed by atoms with van der Waals surface area (Å²) in [6, 6.07) is 6.47. The number of benzene rings is 1. The zero-order valence-corrected chi connectivity index (χ0v) is 11.2. The molecule has 0 radical (unpaired) electrons. The molecular weight excluding hydrogens is 240 g/mol. The fraction of sp³-hybridized carbons (Fsp3) is 0.417. The zero-order chi connectivity index (χ0) is 13.3. The molecule has 17 heavy (non-hydrogen) atoms. The van der Waals surface area contributed by atoms with Gasteiger partial charge in [-0.3, -0.25) is 4.79 Å². The quantitative estimate of drug-likeness (QED) is 0.769. The first kappa shape index (κ1) is 13.7. The zero-order valence-electron chi connectivity index (χ0n) is 10.4. The van der Waals surface area contributed by atoms with Gasteiger partial charge in [0.15, 0.2) is 15.6 Å². The van der Waals surface area contributed by atoms with E-state index < -0.39 is 20.4 Å². The molecule has 0 fully saturated rings. The number of hydrogen-bond acceptors (Lipinski definition) is 4. The molecular formula is C12H16O4S. The van der Waals surface area contributed by atoms with Gasteiger partial charge in [0.1, 0.15) is 10.5 Å². The second-order valence-electron chi connectivity index (χ2n) is 4.34. The number of carbonyl (C=O) groups is 1. The maximum atomic E-state index is 12.1. The second kappa shape index (κ2) is 4.49. The smallest absolute Gasteiger partial charge is 0.183 e. The number of methoxy groups -OCH3 is 1. The van der Waals surface area contributed by atoms with Gasteiger partial charge in [-0.15, -0.1) is 0 Å². The molecule has 0 aliphatic rings. The van der Waals surface area contributed by atoms with E-state index in [1.54, 1.807) is 18.2 Å². The van der Waals surface area contributed by atoms with E-state index >= 15 is 0 Å². The Morgan fingerprint density at radius 3 is 2.35 bits per heavy atom. The number of rotatable bonds is 4. The molecule has 0 N–H and O–H groups in total. The summed E-state index contributed by atoms with van der Waals surface area (Å²) in [4.78, 5) is 12.1. The molecule has 4 nitrogen and oxygen atoms in total. The van der Waals surface area contributed by atoms with Crippen LogP contribution in [0.3, 0.4) is 0 Å². The minimum Gasteiger partial charge on any atom is -0.497 e. The lowest BCUT2D eigenvalue weighted by Crippen LogP contribution is -2.39. The van der Waals surface area contributed by atoms with E-state index in [0.29, 0.717) is 11.3 Å². The van der Waals surface area contributed by atoms with Crippen LogP contribution < -0.4 is 4.74 Å². The monoisotopic (exact) mass is 256 g/mol. The molecule has 0 atom stereocenters. The SMILES string of the molecule is COc1cccc(C(=O)C(C)(C)S(C)(=O)=O)c1. The van der Waals surface area contributed by atoms with Gasteiger partial charge in [-0.2, -0.15) is 0 Å². The van der Waals surface area contributed by atoms with Crippen LogP contribution in [-0.2, 0) is 9.84 Å². The van der Waals surface area contributed by atoms with Crippen LogP contribution in [0.1, 0.15) is 24.2 Å². The van der Waals surface area contributed by atoms with Crippen molar-refractivity contribution < 1.29 is 17.9 Å². The Bertz CT molecular complexity index is 529. The van der Waals surface area contributed by atoms with Crippen molar-refractivity contribution >= 4 is 15.6 Å². The summed E-state index contributed by atoms with van der Waals surface area (Å²) >= 11 is 0. The normalized spacial score (nSPS) is 12.2. The summed E-state index contributed by atoms with van der Waals surface area (Å²) in [5, 5.41) is 0. The largest absolute Gasteiger partial charge is 0.497 e. The van der Waals surface area contributed by atoms with Crippen LogP contribution in [0.4, 0.5) is 0 Å². The lowest BCUT2D eigenvalue weighted by atomic mass is 10.0. The van der Waals surface area contributed by atoms with Gasteiger partial charge in [0.25, 0.3) is 0 Å². The minimum atomic E-state index is -3.46. The molecule has 0 aliphatic heterocycles. The van der Waals surface area contributed by atoms with Gasteiger partial charge in [-0.1, -0.05) is 12.1 Å². The lowest BCUT2D eigenvalue weighted by Gasteiger charge is -2.21. The van der Waals surface area contributed by atoms with Gasteiger partial charge in [0.05, 0.1) is 7.11 Å². The van der Waals surface area contributed by atoms with Crippen LogP contribution in [0.25, 0.3) is 0 Å². The van der Waals surface area contributed by atoms with Crippen LogP contribution in [-0.4, -0.2) is 32.3 Å². The maximum Gasteiger partial charge on any atom is 0.183 e. The summed E-state index contributed by atoms with van der Waals surface area (Å²) in [6.45, 7) is 2.81. The van der Waals surface area contributed by atoms with Crippen LogP contribution in [0, 0.1) is 0 Å². The summed E-state index contributed by atoms with van der Waals surface area (Å²) in [6.07, 6.45) is 1.06. The fourth-order valence-corrected chi connectivity index (χ4v) is 1.73. The first-order valence-electron chi connectivity index (χ1n) is 5.08. The van der Waals surface area contributed by atoms with Crippen molar-refractivity contribution in [1.82, 2.24) is 0 Å². The van der Waals surface area contributed by atoms with E-state index in [1.165, 1.54) is 27.0 Å². The van der Waals surface area contributed by atoms with Gasteiger partial charge < -0.3 is 4.74 Å². The van der Waals surface area contributed by atoms with Crippen molar-refractivity contribution in [2.75, 3.05) is 13.4 Å². The Hall–Kier alpha value is -1.36. The Kier molecular flexibility index (Phi) is 3.62. The molecule has 94 valence electrons. The van der Waals surface area contributed by atoms with Crippen LogP contribution >= 0.6 is 0 Å². The highest BCUT2D eigenvalue weighted by atomic mass is 32.2. The van der Waals surface area contributed by atoms with Crippen molar-refractivity contribution in [1.29, 1.82) is 0 Å². The Morgan fingerprint density at radius 1 is 1.29 bits per heavy atom.